The smallest absolute Gasteiger partial charge is 0.174 e. The summed E-state index contributed by atoms with van der Waals surface area (Å²) >= 11 is 3.08. The Balaban J connectivity index is 1.78. The second-order valence-electron chi connectivity index (χ2n) is 4.20. The minimum absolute atomic E-state index is 0.0390. The van der Waals surface area contributed by atoms with Crippen molar-refractivity contribution >= 4 is 27.5 Å². The highest BCUT2D eigenvalue weighted by atomic mass is 79.9. The van der Waals surface area contributed by atoms with Gasteiger partial charge in [0.2, 0.25) is 0 Å². The van der Waals surface area contributed by atoms with Gasteiger partial charge in [-0.1, -0.05) is 5.16 Å². The lowest BCUT2D eigenvalue weighted by Gasteiger charge is -2.07. The quantitative estimate of drug-likeness (QED) is 0.529. The zero-order valence-electron chi connectivity index (χ0n) is 10.9. The Morgan fingerprint density at radius 2 is 2.27 bits per heavy atom. The second-order valence-corrected chi connectivity index (χ2v) is 5.05. The van der Waals surface area contributed by atoms with Crippen molar-refractivity contribution in [3.8, 4) is 0 Å². The van der Waals surface area contributed by atoms with Gasteiger partial charge in [0.05, 0.1) is 11.0 Å². The Morgan fingerprint density at radius 3 is 3.00 bits per heavy atom. The van der Waals surface area contributed by atoms with Gasteiger partial charge in [0.1, 0.15) is 17.8 Å². The minimum atomic E-state index is -0.389. The summed E-state index contributed by atoms with van der Waals surface area (Å²) in [5.41, 5.74) is 1.14. The van der Waals surface area contributed by atoms with Crippen molar-refractivity contribution in [3.63, 3.8) is 0 Å². The fourth-order valence-electron chi connectivity index (χ4n) is 1.68. The molecule has 22 heavy (non-hydrogen) atoms. The third-order valence-electron chi connectivity index (χ3n) is 2.69. The summed E-state index contributed by atoms with van der Waals surface area (Å²) in [7, 11) is 0. The van der Waals surface area contributed by atoms with Crippen molar-refractivity contribution in [1.82, 2.24) is 30.5 Å². The summed E-state index contributed by atoms with van der Waals surface area (Å²) in [6, 6.07) is 4.30. The van der Waals surface area contributed by atoms with Crippen molar-refractivity contribution in [1.29, 1.82) is 5.41 Å². The maximum Gasteiger partial charge on any atom is 0.174 e. The fraction of sp³-hybridized carbons (Fsp3) is 0.0909. The van der Waals surface area contributed by atoms with Crippen LogP contribution in [0.3, 0.4) is 0 Å². The molecule has 0 unspecified atom stereocenters. The van der Waals surface area contributed by atoms with Crippen LogP contribution >= 0.6 is 15.9 Å². The van der Waals surface area contributed by atoms with E-state index in [4.69, 9.17) is 5.41 Å². The topological polar surface area (TPSA) is 118 Å². The lowest BCUT2D eigenvalue weighted by atomic mass is 10.2. The maximum absolute atomic E-state index is 13.2. The van der Waals surface area contributed by atoms with Crippen molar-refractivity contribution < 1.29 is 9.02 Å². The number of halogens is 2. The predicted molar refractivity (Wildman–Crippen MR) is 75.8 cm³/mol. The Bertz CT molecular complexity index is 802. The summed E-state index contributed by atoms with van der Waals surface area (Å²) in [5, 5.41) is 29.0. The standard InChI is InChI=1S/C11H8BrFN8O/c12-7-3-6(1-2-8(7)13)16-11(14)10-9(17-22-18-10)4-21-5-15-19-20-21/h1-3,5H,4H2,(H2,14,16). The van der Waals surface area contributed by atoms with Gasteiger partial charge in [0, 0.05) is 5.69 Å². The molecule has 3 aromatic rings. The lowest BCUT2D eigenvalue weighted by Crippen LogP contribution is -2.16. The highest BCUT2D eigenvalue weighted by molar-refractivity contribution is 9.10. The van der Waals surface area contributed by atoms with Crippen LogP contribution in [0.4, 0.5) is 10.1 Å². The first-order chi connectivity index (χ1) is 10.6. The molecule has 3 rings (SSSR count). The number of hydrogen-bond acceptors (Lipinski definition) is 7. The molecular formula is C11H8BrFN8O. The van der Waals surface area contributed by atoms with Crippen LogP contribution in [-0.2, 0) is 6.54 Å². The molecule has 0 aliphatic heterocycles. The lowest BCUT2D eigenvalue weighted by molar-refractivity contribution is 0.301. The van der Waals surface area contributed by atoms with E-state index in [1.54, 1.807) is 0 Å². The van der Waals surface area contributed by atoms with Crippen LogP contribution in [0.25, 0.3) is 0 Å². The first-order valence-corrected chi connectivity index (χ1v) is 6.76. The number of benzene rings is 1. The van der Waals surface area contributed by atoms with Crippen LogP contribution in [0, 0.1) is 11.2 Å². The molecule has 0 spiro atoms. The number of nitrogens with one attached hydrogen (secondary N) is 2. The largest absolute Gasteiger partial charge is 0.339 e. The molecule has 0 saturated heterocycles. The molecule has 0 aliphatic carbocycles. The summed E-state index contributed by atoms with van der Waals surface area (Å²) < 4.78 is 19.6. The summed E-state index contributed by atoms with van der Waals surface area (Å²) in [6.07, 6.45) is 1.41. The van der Waals surface area contributed by atoms with Crippen LogP contribution in [0.1, 0.15) is 11.4 Å². The molecule has 9 nitrogen and oxygen atoms in total. The van der Waals surface area contributed by atoms with Crippen LogP contribution in [0.2, 0.25) is 0 Å². The van der Waals surface area contributed by atoms with E-state index in [0.29, 0.717) is 11.4 Å². The second kappa shape index (κ2) is 5.97. The monoisotopic (exact) mass is 366 g/mol. The molecule has 0 amide bonds. The van der Waals surface area contributed by atoms with E-state index in [-0.39, 0.29) is 28.4 Å². The van der Waals surface area contributed by atoms with Crippen LogP contribution in [0.5, 0.6) is 0 Å². The van der Waals surface area contributed by atoms with Gasteiger partial charge in [-0.3, -0.25) is 5.41 Å². The number of nitrogens with zero attached hydrogens (tertiary/aromatic N) is 6. The Morgan fingerprint density at radius 1 is 1.41 bits per heavy atom. The van der Waals surface area contributed by atoms with Gasteiger partial charge in [-0.15, -0.1) is 5.10 Å². The fourth-order valence-corrected chi connectivity index (χ4v) is 2.06. The molecule has 0 atom stereocenters. The molecule has 2 N–H and O–H groups in total. The number of anilines is 1. The van der Waals surface area contributed by atoms with Crippen molar-refractivity contribution in [2.24, 2.45) is 0 Å². The third kappa shape index (κ3) is 2.98. The SMILES string of the molecule is N=C(Nc1ccc(F)c(Br)c1)c1nonc1Cn1cnnn1. The van der Waals surface area contributed by atoms with E-state index in [2.05, 4.69) is 51.7 Å². The first-order valence-electron chi connectivity index (χ1n) is 5.96. The van der Waals surface area contributed by atoms with E-state index in [1.165, 1.54) is 29.2 Å². The number of amidine groups is 1. The number of tetrazole rings is 1. The van der Waals surface area contributed by atoms with Crippen molar-refractivity contribution in [2.45, 2.75) is 6.54 Å². The molecule has 11 heteroatoms. The molecule has 0 aliphatic rings. The molecule has 0 saturated carbocycles. The molecule has 0 radical (unpaired) electrons. The molecule has 0 fully saturated rings. The summed E-state index contributed by atoms with van der Waals surface area (Å²) in [4.78, 5) is 0. The molecule has 112 valence electrons. The molecule has 0 bridgehead atoms. The van der Waals surface area contributed by atoms with Gasteiger partial charge in [0.25, 0.3) is 0 Å². The third-order valence-corrected chi connectivity index (χ3v) is 3.29. The van der Waals surface area contributed by atoms with E-state index in [1.807, 2.05) is 0 Å². The number of hydrogen-bond donors (Lipinski definition) is 2. The van der Waals surface area contributed by atoms with Gasteiger partial charge in [-0.25, -0.2) is 13.7 Å². The Kier molecular flexibility index (Phi) is 3.87. The normalized spacial score (nSPS) is 10.6. The van der Waals surface area contributed by atoms with Crippen LogP contribution in [0.15, 0.2) is 33.6 Å². The summed E-state index contributed by atoms with van der Waals surface area (Å²) in [5.74, 6) is -0.428. The summed E-state index contributed by atoms with van der Waals surface area (Å²) in [6.45, 7) is 0.211. The molecule has 2 aromatic heterocycles. The van der Waals surface area contributed by atoms with E-state index < -0.39 is 0 Å². The minimum Gasteiger partial charge on any atom is -0.339 e. The Labute approximate surface area is 131 Å². The zero-order valence-corrected chi connectivity index (χ0v) is 12.4. The van der Waals surface area contributed by atoms with E-state index >= 15 is 0 Å². The maximum atomic E-state index is 13.2. The molecule has 2 heterocycles. The van der Waals surface area contributed by atoms with Gasteiger partial charge in [-0.2, -0.15) is 0 Å². The average molecular weight is 367 g/mol. The van der Waals surface area contributed by atoms with Gasteiger partial charge in [-0.05, 0) is 49.7 Å². The van der Waals surface area contributed by atoms with Crippen LogP contribution in [-0.4, -0.2) is 36.4 Å². The van der Waals surface area contributed by atoms with Gasteiger partial charge in [0.15, 0.2) is 11.5 Å². The van der Waals surface area contributed by atoms with Crippen molar-refractivity contribution in [3.05, 3.63) is 46.2 Å². The first kappa shape index (κ1) is 14.3. The number of rotatable bonds is 4. The van der Waals surface area contributed by atoms with E-state index in [9.17, 15) is 4.39 Å². The van der Waals surface area contributed by atoms with Crippen molar-refractivity contribution in [2.75, 3.05) is 5.32 Å². The highest BCUT2D eigenvalue weighted by Crippen LogP contribution is 2.20. The Hall–Kier alpha value is -2.69. The predicted octanol–water partition coefficient (Wildman–Crippen LogP) is 1.44. The zero-order chi connectivity index (χ0) is 15.5. The molecular weight excluding hydrogens is 359 g/mol. The van der Waals surface area contributed by atoms with Crippen LogP contribution < -0.4 is 5.32 Å². The van der Waals surface area contributed by atoms with Gasteiger partial charge < -0.3 is 5.32 Å². The number of aromatic nitrogens is 6. The molecule has 1 aromatic carbocycles. The highest BCUT2D eigenvalue weighted by Gasteiger charge is 2.16. The average Bonchev–Trinajstić information content (AvgIpc) is 3.15. The van der Waals surface area contributed by atoms with E-state index in [0.717, 1.165) is 0 Å². The van der Waals surface area contributed by atoms with Gasteiger partial charge >= 0.3 is 0 Å².